The van der Waals surface area contributed by atoms with Crippen LogP contribution in [-0.4, -0.2) is 9.46 Å². The van der Waals surface area contributed by atoms with Gasteiger partial charge in [0.25, 0.3) is 0 Å². The minimum Gasteiger partial charge on any atom is -0.249 e. The van der Waals surface area contributed by atoms with Crippen LogP contribution < -0.4 is 0 Å². The summed E-state index contributed by atoms with van der Waals surface area (Å²) in [4.78, 5) is 0.701. The van der Waals surface area contributed by atoms with Crippen LogP contribution in [0.25, 0.3) is 0 Å². The van der Waals surface area contributed by atoms with Gasteiger partial charge in [-0.3, -0.25) is 0 Å². The topological polar surface area (TPSA) is 40.9 Å². The van der Waals surface area contributed by atoms with Gasteiger partial charge in [-0.1, -0.05) is 31.0 Å². The van der Waals surface area contributed by atoms with Crippen molar-refractivity contribution in [2.45, 2.75) is 35.8 Å². The van der Waals surface area contributed by atoms with E-state index in [-0.39, 0.29) is 5.25 Å². The first-order valence-electron chi connectivity index (χ1n) is 5.04. The highest BCUT2D eigenvalue weighted by molar-refractivity contribution is 7.93. The number of hydrogen-bond donors (Lipinski definition) is 1. The van der Waals surface area contributed by atoms with Crippen molar-refractivity contribution in [2.24, 2.45) is 0 Å². The number of rotatable bonds is 2. The highest BCUT2D eigenvalue weighted by Gasteiger charge is 2.26. The van der Waals surface area contributed by atoms with Crippen LogP contribution in [0.4, 0.5) is 0 Å². The molecule has 1 atom stereocenters. The molecule has 0 radical (unpaired) electrons. The number of hydrogen-bond acceptors (Lipinski definition) is 2. The molecule has 1 aromatic carbocycles. The lowest BCUT2D eigenvalue weighted by atomic mass is 10.4. The zero-order valence-electron chi connectivity index (χ0n) is 8.11. The summed E-state index contributed by atoms with van der Waals surface area (Å²) in [6.07, 6.45) is 4.18. The Kier molecular flexibility index (Phi) is 2.59. The lowest BCUT2D eigenvalue weighted by molar-refractivity contribution is 0.659. The smallest absolute Gasteiger partial charge is 0.0755 e. The molecular weight excluding hydrogens is 194 g/mol. The van der Waals surface area contributed by atoms with Crippen molar-refractivity contribution in [3.05, 3.63) is 30.3 Å². The maximum absolute atomic E-state index is 12.3. The summed E-state index contributed by atoms with van der Waals surface area (Å²) in [7, 11) is -2.54. The third-order valence-electron chi connectivity index (χ3n) is 2.86. The van der Waals surface area contributed by atoms with Crippen LogP contribution in [0.1, 0.15) is 25.7 Å². The second-order valence-electron chi connectivity index (χ2n) is 3.82. The highest BCUT2D eigenvalue weighted by atomic mass is 32.2. The molecule has 1 N–H and O–H groups in total. The maximum atomic E-state index is 12.3. The van der Waals surface area contributed by atoms with E-state index < -0.39 is 9.73 Å². The van der Waals surface area contributed by atoms with E-state index in [1.54, 1.807) is 0 Å². The Morgan fingerprint density at radius 2 is 1.71 bits per heavy atom. The van der Waals surface area contributed by atoms with Crippen LogP contribution in [0.2, 0.25) is 0 Å². The largest absolute Gasteiger partial charge is 0.249 e. The zero-order valence-corrected chi connectivity index (χ0v) is 8.93. The molecule has 0 saturated heterocycles. The van der Waals surface area contributed by atoms with Crippen molar-refractivity contribution in [1.82, 2.24) is 0 Å². The van der Waals surface area contributed by atoms with Gasteiger partial charge >= 0.3 is 0 Å². The first-order chi connectivity index (χ1) is 6.71. The van der Waals surface area contributed by atoms with Crippen molar-refractivity contribution in [3.63, 3.8) is 0 Å². The monoisotopic (exact) mass is 209 g/mol. The normalized spacial score (nSPS) is 22.0. The first kappa shape index (κ1) is 9.71. The van der Waals surface area contributed by atoms with Gasteiger partial charge in [0.1, 0.15) is 0 Å². The summed E-state index contributed by atoms with van der Waals surface area (Å²) in [5, 5.41) is 0.0879. The van der Waals surface area contributed by atoms with Crippen molar-refractivity contribution in [1.29, 1.82) is 4.78 Å². The minimum atomic E-state index is -2.54. The van der Waals surface area contributed by atoms with Crippen LogP contribution in [-0.2, 0) is 9.73 Å². The Balaban J connectivity index is 2.33. The average molecular weight is 209 g/mol. The summed E-state index contributed by atoms with van der Waals surface area (Å²) >= 11 is 0. The highest BCUT2D eigenvalue weighted by Crippen LogP contribution is 2.29. The molecule has 1 saturated carbocycles. The summed E-state index contributed by atoms with van der Waals surface area (Å²) < 4.78 is 20.2. The standard InChI is InChI=1S/C11H15NOS/c12-14(13,11-8-4-5-9-11)10-6-2-1-3-7-10/h1-3,6-7,11-12H,4-5,8-9H2. The Labute approximate surface area is 85.3 Å². The van der Waals surface area contributed by atoms with Crippen molar-refractivity contribution < 1.29 is 4.21 Å². The van der Waals surface area contributed by atoms with Crippen LogP contribution >= 0.6 is 0 Å². The fourth-order valence-corrected chi connectivity index (χ4v) is 3.98. The molecule has 2 nitrogen and oxygen atoms in total. The van der Waals surface area contributed by atoms with Crippen LogP contribution in [0.3, 0.4) is 0 Å². The minimum absolute atomic E-state index is 0.0879. The third-order valence-corrected chi connectivity index (χ3v) is 5.25. The van der Waals surface area contributed by atoms with Gasteiger partial charge in [0.2, 0.25) is 0 Å². The van der Waals surface area contributed by atoms with Gasteiger partial charge in [0, 0.05) is 10.1 Å². The fraction of sp³-hybridized carbons (Fsp3) is 0.455. The average Bonchev–Trinajstić information content (AvgIpc) is 2.72. The van der Waals surface area contributed by atoms with Gasteiger partial charge < -0.3 is 0 Å². The van der Waals surface area contributed by atoms with Gasteiger partial charge in [-0.15, -0.1) is 0 Å². The molecule has 1 aromatic rings. The van der Waals surface area contributed by atoms with Crippen molar-refractivity contribution in [2.75, 3.05) is 0 Å². The SMILES string of the molecule is N=S(=O)(c1ccccc1)C1CCCC1. The Hall–Kier alpha value is -0.830. The van der Waals surface area contributed by atoms with E-state index in [0.717, 1.165) is 25.7 Å². The molecule has 0 amide bonds. The Morgan fingerprint density at radius 1 is 1.14 bits per heavy atom. The molecule has 3 heteroatoms. The van der Waals surface area contributed by atoms with Crippen molar-refractivity contribution in [3.8, 4) is 0 Å². The van der Waals surface area contributed by atoms with Gasteiger partial charge in [0.05, 0.1) is 9.73 Å². The molecule has 1 aliphatic rings. The molecule has 1 unspecified atom stereocenters. The van der Waals surface area contributed by atoms with Gasteiger partial charge in [-0.05, 0) is 25.0 Å². The molecule has 0 aliphatic heterocycles. The van der Waals surface area contributed by atoms with Crippen LogP contribution in [0, 0.1) is 4.78 Å². The number of nitrogens with one attached hydrogen (secondary N) is 1. The molecule has 0 aromatic heterocycles. The summed E-state index contributed by atoms with van der Waals surface area (Å²) in [6, 6.07) is 9.24. The lowest BCUT2D eigenvalue weighted by Crippen LogP contribution is -2.16. The van der Waals surface area contributed by atoms with Gasteiger partial charge in [-0.25, -0.2) is 8.99 Å². The molecular formula is C11H15NOS. The van der Waals surface area contributed by atoms with Gasteiger partial charge in [-0.2, -0.15) is 0 Å². The maximum Gasteiger partial charge on any atom is 0.0755 e. The molecule has 1 fully saturated rings. The molecule has 76 valence electrons. The van der Waals surface area contributed by atoms with E-state index >= 15 is 0 Å². The van der Waals surface area contributed by atoms with Crippen LogP contribution in [0.5, 0.6) is 0 Å². The molecule has 0 bridgehead atoms. The lowest BCUT2D eigenvalue weighted by Gasteiger charge is -2.13. The fourth-order valence-electron chi connectivity index (χ4n) is 2.04. The van der Waals surface area contributed by atoms with E-state index in [0.29, 0.717) is 4.90 Å². The molecule has 1 aliphatic carbocycles. The summed E-state index contributed by atoms with van der Waals surface area (Å²) in [5.74, 6) is 0. The van der Waals surface area contributed by atoms with Crippen LogP contribution in [0.15, 0.2) is 35.2 Å². The second kappa shape index (κ2) is 3.73. The molecule has 2 rings (SSSR count). The Morgan fingerprint density at radius 3 is 2.29 bits per heavy atom. The molecule has 0 spiro atoms. The third kappa shape index (κ3) is 1.69. The summed E-state index contributed by atoms with van der Waals surface area (Å²) in [5.41, 5.74) is 0. The Bertz CT molecular complexity index is 391. The first-order valence-corrected chi connectivity index (χ1v) is 6.66. The predicted octanol–water partition coefficient (Wildman–Crippen LogP) is 3.03. The van der Waals surface area contributed by atoms with Crippen molar-refractivity contribution >= 4 is 9.73 Å². The second-order valence-corrected chi connectivity index (χ2v) is 6.16. The van der Waals surface area contributed by atoms with E-state index in [2.05, 4.69) is 0 Å². The van der Waals surface area contributed by atoms with Gasteiger partial charge in [0.15, 0.2) is 0 Å². The molecule has 14 heavy (non-hydrogen) atoms. The molecule has 0 heterocycles. The van der Waals surface area contributed by atoms with E-state index in [1.165, 1.54) is 0 Å². The zero-order chi connectivity index (χ0) is 10.0. The quantitative estimate of drug-likeness (QED) is 0.799. The predicted molar refractivity (Wildman–Crippen MR) is 57.8 cm³/mol. The number of benzene rings is 1. The van der Waals surface area contributed by atoms with E-state index in [1.807, 2.05) is 30.3 Å². The van der Waals surface area contributed by atoms with E-state index in [4.69, 9.17) is 4.78 Å². The summed E-state index contributed by atoms with van der Waals surface area (Å²) in [6.45, 7) is 0. The van der Waals surface area contributed by atoms with E-state index in [9.17, 15) is 4.21 Å².